The third-order valence-corrected chi connectivity index (χ3v) is 2.99. The maximum absolute atomic E-state index is 6.04. The first-order valence-electron chi connectivity index (χ1n) is 5.12. The van der Waals surface area contributed by atoms with E-state index in [1.807, 2.05) is 19.1 Å². The van der Waals surface area contributed by atoms with E-state index in [1.165, 1.54) is 6.20 Å². The number of benzene rings is 1. The van der Waals surface area contributed by atoms with Gasteiger partial charge in [0.2, 0.25) is 5.95 Å². The Balaban J connectivity index is 2.30. The van der Waals surface area contributed by atoms with Crippen LogP contribution in [0.4, 0.5) is 17.5 Å². The zero-order valence-electron chi connectivity index (χ0n) is 9.54. The molecule has 7 heteroatoms. The Morgan fingerprint density at radius 3 is 2.67 bits per heavy atom. The number of aryl methyl sites for hydroxylation is 1. The zero-order valence-corrected chi connectivity index (χ0v) is 11.0. The maximum Gasteiger partial charge on any atom is 0.239 e. The van der Waals surface area contributed by atoms with Crippen molar-refractivity contribution >= 4 is 40.7 Å². The molecule has 2 rings (SSSR count). The summed E-state index contributed by atoms with van der Waals surface area (Å²) in [6.07, 6.45) is 1.46. The standard InChI is InChI=1S/C11H11Cl2N5/c1-6-2-3-7(4-8(6)12)16-10-9(13)5-15-11(17-10)18-14/h2-5H,14H2,1H3,(H2,15,16,17,18). The van der Waals surface area contributed by atoms with Gasteiger partial charge < -0.3 is 5.32 Å². The van der Waals surface area contributed by atoms with E-state index in [1.54, 1.807) is 6.07 Å². The smallest absolute Gasteiger partial charge is 0.239 e. The maximum atomic E-state index is 6.04. The van der Waals surface area contributed by atoms with E-state index in [9.17, 15) is 0 Å². The highest BCUT2D eigenvalue weighted by atomic mass is 35.5. The molecule has 0 bridgehead atoms. The molecule has 0 amide bonds. The minimum absolute atomic E-state index is 0.278. The largest absolute Gasteiger partial charge is 0.339 e. The molecule has 1 heterocycles. The number of nitrogens with zero attached hydrogens (tertiary/aromatic N) is 2. The van der Waals surface area contributed by atoms with Gasteiger partial charge in [-0.3, -0.25) is 5.43 Å². The van der Waals surface area contributed by atoms with Gasteiger partial charge in [0.05, 0.1) is 6.20 Å². The molecule has 0 fully saturated rings. The highest BCUT2D eigenvalue weighted by molar-refractivity contribution is 6.33. The average Bonchev–Trinajstić information content (AvgIpc) is 2.36. The predicted molar refractivity (Wildman–Crippen MR) is 74.3 cm³/mol. The molecule has 94 valence electrons. The molecule has 5 nitrogen and oxygen atoms in total. The van der Waals surface area contributed by atoms with E-state index in [0.29, 0.717) is 15.9 Å². The Hall–Kier alpha value is -1.56. The molecule has 0 radical (unpaired) electrons. The SMILES string of the molecule is Cc1ccc(Nc2nc(NN)ncc2Cl)cc1Cl. The van der Waals surface area contributed by atoms with Crippen molar-refractivity contribution in [3.63, 3.8) is 0 Å². The van der Waals surface area contributed by atoms with Crippen LogP contribution >= 0.6 is 23.2 Å². The van der Waals surface area contributed by atoms with Crippen LogP contribution in [-0.2, 0) is 0 Å². The summed E-state index contributed by atoms with van der Waals surface area (Å²) in [6, 6.07) is 5.59. The molecule has 0 unspecified atom stereocenters. The first-order chi connectivity index (χ1) is 8.60. The van der Waals surface area contributed by atoms with Crippen LogP contribution in [0.3, 0.4) is 0 Å². The van der Waals surface area contributed by atoms with Gasteiger partial charge in [-0.1, -0.05) is 29.3 Å². The quantitative estimate of drug-likeness (QED) is 0.596. The Labute approximate surface area is 114 Å². The monoisotopic (exact) mass is 283 g/mol. The van der Waals surface area contributed by atoms with Gasteiger partial charge >= 0.3 is 0 Å². The van der Waals surface area contributed by atoms with Crippen LogP contribution in [0, 0.1) is 6.92 Å². The van der Waals surface area contributed by atoms with Crippen molar-refractivity contribution < 1.29 is 0 Å². The Morgan fingerprint density at radius 1 is 1.22 bits per heavy atom. The Kier molecular flexibility index (Phi) is 3.86. The first kappa shape index (κ1) is 12.9. The van der Waals surface area contributed by atoms with Gasteiger partial charge in [0, 0.05) is 10.7 Å². The van der Waals surface area contributed by atoms with Gasteiger partial charge in [-0.25, -0.2) is 10.8 Å². The highest BCUT2D eigenvalue weighted by Crippen LogP contribution is 2.26. The summed E-state index contributed by atoms with van der Waals surface area (Å²) >= 11 is 12.0. The summed E-state index contributed by atoms with van der Waals surface area (Å²) < 4.78 is 0. The molecule has 0 aliphatic carbocycles. The summed E-state index contributed by atoms with van der Waals surface area (Å²) in [6.45, 7) is 1.93. The fourth-order valence-electron chi connectivity index (χ4n) is 1.33. The number of nitrogens with one attached hydrogen (secondary N) is 2. The van der Waals surface area contributed by atoms with E-state index >= 15 is 0 Å². The number of nitrogen functional groups attached to an aromatic ring is 1. The Bertz CT molecular complexity index is 573. The van der Waals surface area contributed by atoms with Crippen molar-refractivity contribution in [3.8, 4) is 0 Å². The van der Waals surface area contributed by atoms with Crippen molar-refractivity contribution in [1.29, 1.82) is 0 Å². The number of anilines is 3. The van der Waals surface area contributed by atoms with Crippen LogP contribution in [0.2, 0.25) is 10.0 Å². The van der Waals surface area contributed by atoms with Crippen molar-refractivity contribution in [3.05, 3.63) is 40.0 Å². The second-order valence-electron chi connectivity index (χ2n) is 3.62. The van der Waals surface area contributed by atoms with Gasteiger partial charge in [-0.15, -0.1) is 0 Å². The van der Waals surface area contributed by atoms with Gasteiger partial charge in [0.1, 0.15) is 5.02 Å². The molecule has 0 saturated heterocycles. The summed E-state index contributed by atoms with van der Waals surface area (Å²) in [7, 11) is 0. The fourth-order valence-corrected chi connectivity index (χ4v) is 1.65. The van der Waals surface area contributed by atoms with E-state index in [-0.39, 0.29) is 5.95 Å². The molecule has 0 aliphatic rings. The van der Waals surface area contributed by atoms with Crippen LogP contribution < -0.4 is 16.6 Å². The van der Waals surface area contributed by atoms with Crippen LogP contribution in [0.5, 0.6) is 0 Å². The van der Waals surface area contributed by atoms with Gasteiger partial charge in [0.25, 0.3) is 0 Å². The number of nitrogens with two attached hydrogens (primary N) is 1. The molecule has 0 aliphatic heterocycles. The summed E-state index contributed by atoms with van der Waals surface area (Å²) in [4.78, 5) is 7.99. The minimum Gasteiger partial charge on any atom is -0.339 e. The lowest BCUT2D eigenvalue weighted by molar-refractivity contribution is 1.12. The van der Waals surface area contributed by atoms with Crippen LogP contribution in [0.15, 0.2) is 24.4 Å². The molecule has 1 aromatic carbocycles. The molecule has 0 spiro atoms. The van der Waals surface area contributed by atoms with E-state index in [2.05, 4.69) is 20.7 Å². The summed E-state index contributed by atoms with van der Waals surface area (Å²) in [5.74, 6) is 5.97. The first-order valence-corrected chi connectivity index (χ1v) is 5.88. The normalized spacial score (nSPS) is 10.2. The number of hydrogen-bond acceptors (Lipinski definition) is 5. The van der Waals surface area contributed by atoms with E-state index in [4.69, 9.17) is 29.0 Å². The topological polar surface area (TPSA) is 75.9 Å². The highest BCUT2D eigenvalue weighted by Gasteiger charge is 2.06. The fraction of sp³-hybridized carbons (Fsp3) is 0.0909. The van der Waals surface area contributed by atoms with Crippen LogP contribution in [-0.4, -0.2) is 9.97 Å². The average molecular weight is 284 g/mol. The van der Waals surface area contributed by atoms with Crippen molar-refractivity contribution in [2.75, 3.05) is 10.7 Å². The molecular formula is C11H11Cl2N5. The predicted octanol–water partition coefficient (Wildman–Crippen LogP) is 3.12. The third kappa shape index (κ3) is 2.81. The minimum atomic E-state index is 0.278. The molecule has 1 aromatic heterocycles. The molecule has 18 heavy (non-hydrogen) atoms. The second kappa shape index (κ2) is 5.39. The summed E-state index contributed by atoms with van der Waals surface area (Å²) in [5, 5.41) is 4.11. The molecule has 0 saturated carbocycles. The molecule has 0 atom stereocenters. The molecular weight excluding hydrogens is 273 g/mol. The van der Waals surface area contributed by atoms with Crippen LogP contribution in [0.1, 0.15) is 5.56 Å². The lowest BCUT2D eigenvalue weighted by Gasteiger charge is -2.09. The number of hydrogen-bond donors (Lipinski definition) is 3. The van der Waals surface area contributed by atoms with E-state index < -0.39 is 0 Å². The molecule has 2 aromatic rings. The van der Waals surface area contributed by atoms with Gasteiger partial charge in [0.15, 0.2) is 5.82 Å². The molecule has 4 N–H and O–H groups in total. The lowest BCUT2D eigenvalue weighted by atomic mass is 10.2. The zero-order chi connectivity index (χ0) is 13.1. The lowest BCUT2D eigenvalue weighted by Crippen LogP contribution is -2.11. The number of hydrazine groups is 1. The van der Waals surface area contributed by atoms with Crippen molar-refractivity contribution in [2.24, 2.45) is 5.84 Å². The third-order valence-electron chi connectivity index (χ3n) is 2.31. The number of halogens is 2. The van der Waals surface area contributed by atoms with Crippen molar-refractivity contribution in [1.82, 2.24) is 9.97 Å². The van der Waals surface area contributed by atoms with E-state index in [0.717, 1.165) is 11.3 Å². The van der Waals surface area contributed by atoms with Gasteiger partial charge in [-0.2, -0.15) is 4.98 Å². The Morgan fingerprint density at radius 2 is 2.00 bits per heavy atom. The van der Waals surface area contributed by atoms with Gasteiger partial charge in [-0.05, 0) is 24.6 Å². The summed E-state index contributed by atoms with van der Waals surface area (Å²) in [5.41, 5.74) is 4.14. The van der Waals surface area contributed by atoms with Crippen molar-refractivity contribution in [2.45, 2.75) is 6.92 Å². The number of rotatable bonds is 3. The number of aromatic nitrogens is 2. The second-order valence-corrected chi connectivity index (χ2v) is 4.44. The van der Waals surface area contributed by atoms with Crippen LogP contribution in [0.25, 0.3) is 0 Å².